The van der Waals surface area contributed by atoms with Crippen molar-refractivity contribution in [3.05, 3.63) is 29.1 Å². The normalized spacial score (nSPS) is 13.6. The van der Waals surface area contributed by atoms with E-state index >= 15 is 0 Å². The predicted octanol–water partition coefficient (Wildman–Crippen LogP) is 3.54. The first-order valence-electron chi connectivity index (χ1n) is 7.28. The van der Waals surface area contributed by atoms with Gasteiger partial charge in [0, 0.05) is 30.2 Å². The van der Waals surface area contributed by atoms with Gasteiger partial charge in [-0.1, -0.05) is 19.4 Å². The minimum Gasteiger partial charge on any atom is -0.362 e. The monoisotopic (exact) mass is 301 g/mol. The number of thiazole rings is 1. The third-order valence-electron chi connectivity index (χ3n) is 3.76. The molecule has 1 N–H and O–H groups in total. The van der Waals surface area contributed by atoms with E-state index in [1.54, 1.807) is 16.2 Å². The van der Waals surface area contributed by atoms with Crippen molar-refractivity contribution in [1.82, 2.24) is 4.98 Å². The van der Waals surface area contributed by atoms with Gasteiger partial charge in [-0.05, 0) is 24.1 Å². The molecule has 0 radical (unpaired) electrons. The number of aromatic nitrogens is 1. The minimum absolute atomic E-state index is 0.155. The number of nitrogens with one attached hydrogen (secondary N) is 1. The molecule has 4 nitrogen and oxygen atoms in total. The quantitative estimate of drug-likeness (QED) is 0.859. The van der Waals surface area contributed by atoms with E-state index in [2.05, 4.69) is 28.7 Å². The van der Waals surface area contributed by atoms with Gasteiger partial charge in [-0.2, -0.15) is 0 Å². The van der Waals surface area contributed by atoms with Crippen LogP contribution in [-0.4, -0.2) is 24.5 Å². The molecule has 0 bridgehead atoms. The number of likely N-dealkylation sites (N-methyl/N-ethyl adjacent to an activating group) is 1. The van der Waals surface area contributed by atoms with E-state index in [1.807, 2.05) is 19.2 Å². The molecule has 5 heteroatoms. The Hall–Kier alpha value is -1.88. The van der Waals surface area contributed by atoms with Gasteiger partial charge >= 0.3 is 0 Å². The number of amides is 1. The van der Waals surface area contributed by atoms with Crippen molar-refractivity contribution in [2.45, 2.75) is 26.2 Å². The first-order chi connectivity index (χ1) is 10.2. The summed E-state index contributed by atoms with van der Waals surface area (Å²) in [6, 6.07) is 6.14. The lowest BCUT2D eigenvalue weighted by molar-refractivity contribution is -0.117. The van der Waals surface area contributed by atoms with Crippen LogP contribution in [0, 0.1) is 0 Å². The van der Waals surface area contributed by atoms with Gasteiger partial charge in [-0.25, -0.2) is 4.98 Å². The fourth-order valence-corrected chi connectivity index (χ4v) is 3.24. The second-order valence-corrected chi connectivity index (χ2v) is 6.15. The summed E-state index contributed by atoms with van der Waals surface area (Å²) in [6.45, 7) is 3.14. The van der Waals surface area contributed by atoms with E-state index in [0.29, 0.717) is 6.42 Å². The van der Waals surface area contributed by atoms with E-state index < -0.39 is 0 Å². The molecule has 1 aromatic carbocycles. The van der Waals surface area contributed by atoms with E-state index in [-0.39, 0.29) is 5.91 Å². The Morgan fingerprint density at radius 1 is 1.43 bits per heavy atom. The molecular weight excluding hydrogens is 282 g/mol. The number of unbranched alkanes of at least 4 members (excludes halogenated alkanes) is 1. The van der Waals surface area contributed by atoms with Crippen LogP contribution in [0.15, 0.2) is 23.6 Å². The van der Waals surface area contributed by atoms with Crippen molar-refractivity contribution >= 4 is 28.1 Å². The Bertz CT molecular complexity index is 665. The van der Waals surface area contributed by atoms with Crippen LogP contribution in [0.2, 0.25) is 0 Å². The summed E-state index contributed by atoms with van der Waals surface area (Å²) in [4.78, 5) is 18.1. The van der Waals surface area contributed by atoms with E-state index in [1.165, 1.54) is 6.42 Å². The number of anilines is 2. The molecule has 2 heterocycles. The zero-order valence-corrected chi connectivity index (χ0v) is 13.2. The Labute approximate surface area is 128 Å². The lowest BCUT2D eigenvalue weighted by Crippen LogP contribution is -2.20. The standard InChI is InChI=1S/C16H19N3OS/c1-3-4-7-17-16-18-13(10-21-16)11-5-6-14-12(8-11)9-15(20)19(14)2/h5-6,8,10H,3-4,7,9H2,1-2H3,(H,17,18). The molecule has 1 amide bonds. The van der Waals surface area contributed by atoms with Gasteiger partial charge in [0.05, 0.1) is 12.1 Å². The maximum absolute atomic E-state index is 11.7. The first kappa shape index (κ1) is 14.1. The maximum Gasteiger partial charge on any atom is 0.231 e. The van der Waals surface area contributed by atoms with Crippen LogP contribution in [0.5, 0.6) is 0 Å². The molecule has 0 unspecified atom stereocenters. The zero-order chi connectivity index (χ0) is 14.8. The Morgan fingerprint density at radius 3 is 3.10 bits per heavy atom. The molecule has 2 aromatic rings. The Balaban J connectivity index is 1.79. The van der Waals surface area contributed by atoms with Gasteiger partial charge in [0.2, 0.25) is 5.91 Å². The van der Waals surface area contributed by atoms with Crippen LogP contribution < -0.4 is 10.2 Å². The SMILES string of the molecule is CCCCNc1nc(-c2ccc3c(c2)CC(=O)N3C)cs1. The highest BCUT2D eigenvalue weighted by atomic mass is 32.1. The number of hydrogen-bond donors (Lipinski definition) is 1. The Kier molecular flexibility index (Phi) is 3.92. The predicted molar refractivity (Wildman–Crippen MR) is 88.1 cm³/mol. The summed E-state index contributed by atoms with van der Waals surface area (Å²) in [5.41, 5.74) is 4.16. The summed E-state index contributed by atoms with van der Waals surface area (Å²) >= 11 is 1.63. The lowest BCUT2D eigenvalue weighted by Gasteiger charge is -2.09. The fraction of sp³-hybridized carbons (Fsp3) is 0.375. The molecule has 3 rings (SSSR count). The molecule has 21 heavy (non-hydrogen) atoms. The fourth-order valence-electron chi connectivity index (χ4n) is 2.49. The Morgan fingerprint density at radius 2 is 2.29 bits per heavy atom. The number of fused-ring (bicyclic) bond motifs is 1. The number of hydrogen-bond acceptors (Lipinski definition) is 4. The molecule has 1 aliphatic heterocycles. The van der Waals surface area contributed by atoms with Gasteiger partial charge < -0.3 is 10.2 Å². The van der Waals surface area contributed by atoms with E-state index in [0.717, 1.165) is 40.6 Å². The molecule has 0 spiro atoms. The van der Waals surface area contributed by atoms with Gasteiger partial charge in [0.15, 0.2) is 5.13 Å². The summed E-state index contributed by atoms with van der Waals surface area (Å²) in [5, 5.41) is 6.38. The second-order valence-electron chi connectivity index (χ2n) is 5.29. The zero-order valence-electron chi connectivity index (χ0n) is 12.3. The van der Waals surface area contributed by atoms with Gasteiger partial charge in [-0.15, -0.1) is 11.3 Å². The summed E-state index contributed by atoms with van der Waals surface area (Å²) in [7, 11) is 1.83. The third kappa shape index (κ3) is 2.78. The average Bonchev–Trinajstić information content (AvgIpc) is 3.05. The number of rotatable bonds is 5. The molecule has 1 aromatic heterocycles. The van der Waals surface area contributed by atoms with Crippen LogP contribution >= 0.6 is 11.3 Å². The number of carbonyl (C=O) groups excluding carboxylic acids is 1. The highest BCUT2D eigenvalue weighted by molar-refractivity contribution is 7.14. The molecule has 0 saturated carbocycles. The topological polar surface area (TPSA) is 45.2 Å². The van der Waals surface area contributed by atoms with Gasteiger partial charge in [-0.3, -0.25) is 4.79 Å². The molecule has 110 valence electrons. The maximum atomic E-state index is 11.7. The van der Waals surface area contributed by atoms with Crippen molar-refractivity contribution in [2.75, 3.05) is 23.8 Å². The number of benzene rings is 1. The van der Waals surface area contributed by atoms with Gasteiger partial charge in [0.25, 0.3) is 0 Å². The van der Waals surface area contributed by atoms with Crippen LogP contribution in [0.4, 0.5) is 10.8 Å². The minimum atomic E-state index is 0.155. The van der Waals surface area contributed by atoms with Gasteiger partial charge in [0.1, 0.15) is 0 Å². The smallest absolute Gasteiger partial charge is 0.231 e. The molecule has 0 fully saturated rings. The summed E-state index contributed by atoms with van der Waals surface area (Å²) < 4.78 is 0. The first-order valence-corrected chi connectivity index (χ1v) is 8.16. The van der Waals surface area contributed by atoms with E-state index in [9.17, 15) is 4.79 Å². The molecule has 1 aliphatic rings. The van der Waals surface area contributed by atoms with Crippen LogP contribution in [0.3, 0.4) is 0 Å². The van der Waals surface area contributed by atoms with Crippen molar-refractivity contribution < 1.29 is 4.79 Å². The van der Waals surface area contributed by atoms with Crippen LogP contribution in [0.25, 0.3) is 11.3 Å². The molecular formula is C16H19N3OS. The average molecular weight is 301 g/mol. The summed E-state index contributed by atoms with van der Waals surface area (Å²) in [6.07, 6.45) is 2.82. The van der Waals surface area contributed by atoms with Crippen LogP contribution in [0.1, 0.15) is 25.3 Å². The van der Waals surface area contributed by atoms with Crippen molar-refractivity contribution in [2.24, 2.45) is 0 Å². The number of carbonyl (C=O) groups is 1. The lowest BCUT2D eigenvalue weighted by atomic mass is 10.1. The second kappa shape index (κ2) is 5.85. The molecule has 0 atom stereocenters. The van der Waals surface area contributed by atoms with Crippen LogP contribution in [-0.2, 0) is 11.2 Å². The van der Waals surface area contributed by atoms with Crippen molar-refractivity contribution in [1.29, 1.82) is 0 Å². The van der Waals surface area contributed by atoms with Crippen molar-refractivity contribution in [3.8, 4) is 11.3 Å². The van der Waals surface area contributed by atoms with Crippen molar-refractivity contribution in [3.63, 3.8) is 0 Å². The summed E-state index contributed by atoms with van der Waals surface area (Å²) in [5.74, 6) is 0.155. The highest BCUT2D eigenvalue weighted by Crippen LogP contribution is 2.33. The highest BCUT2D eigenvalue weighted by Gasteiger charge is 2.24. The molecule has 0 saturated heterocycles. The third-order valence-corrected chi connectivity index (χ3v) is 4.56. The van der Waals surface area contributed by atoms with E-state index in [4.69, 9.17) is 0 Å². The largest absolute Gasteiger partial charge is 0.362 e. The molecule has 0 aliphatic carbocycles. The number of nitrogens with zero attached hydrogens (tertiary/aromatic N) is 2.